The molecule has 21 heavy (non-hydrogen) atoms. The van der Waals surface area contributed by atoms with Gasteiger partial charge < -0.3 is 14.7 Å². The molecule has 7 nitrogen and oxygen atoms in total. The summed E-state index contributed by atoms with van der Waals surface area (Å²) in [6.07, 6.45) is 2.26. The number of carbonyl (C=O) groups is 2. The van der Waals surface area contributed by atoms with Gasteiger partial charge in [-0.1, -0.05) is 5.16 Å². The van der Waals surface area contributed by atoms with Gasteiger partial charge in [-0.15, -0.1) is 0 Å². The molecule has 0 radical (unpaired) electrons. The van der Waals surface area contributed by atoms with Crippen LogP contribution in [0.15, 0.2) is 10.6 Å². The van der Waals surface area contributed by atoms with E-state index in [-0.39, 0.29) is 17.9 Å². The second-order valence-electron chi connectivity index (χ2n) is 6.07. The van der Waals surface area contributed by atoms with E-state index in [0.29, 0.717) is 37.8 Å². The van der Waals surface area contributed by atoms with Crippen molar-refractivity contribution in [2.45, 2.75) is 24.8 Å². The predicted molar refractivity (Wildman–Crippen MR) is 72.8 cm³/mol. The molecule has 0 atom stereocenters. The lowest BCUT2D eigenvalue weighted by atomic mass is 10.1. The van der Waals surface area contributed by atoms with Gasteiger partial charge in [0.1, 0.15) is 5.76 Å². The van der Waals surface area contributed by atoms with E-state index in [4.69, 9.17) is 4.52 Å². The second-order valence-corrected chi connectivity index (χ2v) is 6.07. The van der Waals surface area contributed by atoms with Crippen LogP contribution in [0.5, 0.6) is 0 Å². The summed E-state index contributed by atoms with van der Waals surface area (Å²) in [7, 11) is 0. The van der Waals surface area contributed by atoms with Crippen LogP contribution >= 0.6 is 0 Å². The van der Waals surface area contributed by atoms with Crippen molar-refractivity contribution in [3.63, 3.8) is 0 Å². The van der Waals surface area contributed by atoms with Gasteiger partial charge in [-0.05, 0) is 12.8 Å². The average molecular weight is 290 g/mol. The number of nitrogens with zero attached hydrogens (tertiary/aromatic N) is 3. The highest BCUT2D eigenvalue weighted by Gasteiger charge is 2.38. The van der Waals surface area contributed by atoms with Gasteiger partial charge in [-0.25, -0.2) is 0 Å². The van der Waals surface area contributed by atoms with Gasteiger partial charge in [-0.2, -0.15) is 0 Å². The first-order valence-electron chi connectivity index (χ1n) is 7.47. The number of piperazine rings is 1. The Labute approximate surface area is 122 Å². The van der Waals surface area contributed by atoms with Crippen LogP contribution in [0.25, 0.3) is 0 Å². The molecule has 3 fully saturated rings. The maximum absolute atomic E-state index is 12.3. The van der Waals surface area contributed by atoms with Crippen molar-refractivity contribution in [2.75, 3.05) is 32.7 Å². The Morgan fingerprint density at radius 3 is 2.90 bits per heavy atom. The van der Waals surface area contributed by atoms with E-state index in [0.717, 1.165) is 25.1 Å². The topological polar surface area (TPSA) is 78.7 Å². The number of likely N-dealkylation sites (tertiary alicyclic amines) is 1. The third kappa shape index (κ3) is 2.42. The standard InChI is InChI=1S/C14H18N4O3/c19-13-8-17(4-3-15-13)10-6-18(7-10)14(20)11-5-12(21-16-11)9-1-2-9/h5,9-10H,1-4,6-8H2,(H,15,19). The Balaban J connectivity index is 1.33. The molecule has 1 saturated carbocycles. The largest absolute Gasteiger partial charge is 0.360 e. The third-order valence-electron chi connectivity index (χ3n) is 4.46. The normalized spacial score (nSPS) is 23.8. The zero-order valence-corrected chi connectivity index (χ0v) is 11.7. The van der Waals surface area contributed by atoms with Gasteiger partial charge in [0, 0.05) is 44.2 Å². The van der Waals surface area contributed by atoms with E-state index in [1.165, 1.54) is 0 Å². The van der Waals surface area contributed by atoms with E-state index in [1.54, 1.807) is 11.0 Å². The van der Waals surface area contributed by atoms with Crippen molar-refractivity contribution >= 4 is 11.8 Å². The highest BCUT2D eigenvalue weighted by atomic mass is 16.5. The molecule has 0 spiro atoms. The first-order chi connectivity index (χ1) is 10.2. The molecule has 112 valence electrons. The summed E-state index contributed by atoms with van der Waals surface area (Å²) in [5.74, 6) is 1.30. The van der Waals surface area contributed by atoms with Crippen LogP contribution in [0.1, 0.15) is 35.0 Å². The first kappa shape index (κ1) is 12.8. The first-order valence-corrected chi connectivity index (χ1v) is 7.47. The highest BCUT2D eigenvalue weighted by molar-refractivity contribution is 5.93. The molecule has 2 amide bonds. The van der Waals surface area contributed by atoms with Gasteiger partial charge in [-0.3, -0.25) is 14.5 Å². The van der Waals surface area contributed by atoms with E-state index in [9.17, 15) is 9.59 Å². The molecular weight excluding hydrogens is 272 g/mol. The van der Waals surface area contributed by atoms with E-state index in [1.807, 2.05) is 0 Å². The maximum Gasteiger partial charge on any atom is 0.276 e. The SMILES string of the molecule is O=C1CN(C2CN(C(=O)c3cc(C4CC4)on3)C2)CCN1. The molecule has 3 heterocycles. The molecule has 1 N–H and O–H groups in total. The average Bonchev–Trinajstić information content (AvgIpc) is 3.15. The van der Waals surface area contributed by atoms with Crippen molar-refractivity contribution in [3.05, 3.63) is 17.5 Å². The van der Waals surface area contributed by atoms with Crippen LogP contribution in [0.4, 0.5) is 0 Å². The number of aromatic nitrogens is 1. The number of amides is 2. The molecule has 2 aliphatic heterocycles. The molecular formula is C14H18N4O3. The van der Waals surface area contributed by atoms with E-state index in [2.05, 4.69) is 15.4 Å². The summed E-state index contributed by atoms with van der Waals surface area (Å²) in [5.41, 5.74) is 0.409. The summed E-state index contributed by atoms with van der Waals surface area (Å²) in [6, 6.07) is 2.07. The Kier molecular flexibility index (Phi) is 2.95. The van der Waals surface area contributed by atoms with Gasteiger partial charge in [0.05, 0.1) is 6.54 Å². The molecule has 0 aromatic carbocycles. The number of hydrogen-bond donors (Lipinski definition) is 1. The quantitative estimate of drug-likeness (QED) is 0.834. The fourth-order valence-corrected chi connectivity index (χ4v) is 2.93. The van der Waals surface area contributed by atoms with Crippen LogP contribution in [0.2, 0.25) is 0 Å². The third-order valence-corrected chi connectivity index (χ3v) is 4.46. The second kappa shape index (κ2) is 4.84. The molecule has 1 aromatic rings. The molecule has 0 bridgehead atoms. The summed E-state index contributed by atoms with van der Waals surface area (Å²) in [4.78, 5) is 27.6. The predicted octanol–water partition coefficient (Wildman–Crippen LogP) is -0.192. The maximum atomic E-state index is 12.3. The Hall–Kier alpha value is -1.89. The lowest BCUT2D eigenvalue weighted by Gasteiger charge is -2.46. The van der Waals surface area contributed by atoms with Crippen LogP contribution in [0, 0.1) is 0 Å². The minimum atomic E-state index is -0.0663. The number of rotatable bonds is 3. The minimum Gasteiger partial charge on any atom is -0.360 e. The molecule has 1 aromatic heterocycles. The molecule has 7 heteroatoms. The Morgan fingerprint density at radius 2 is 2.19 bits per heavy atom. The minimum absolute atomic E-state index is 0.0663. The Bertz CT molecular complexity index is 575. The van der Waals surface area contributed by atoms with Crippen molar-refractivity contribution in [2.24, 2.45) is 0 Å². The van der Waals surface area contributed by atoms with Gasteiger partial charge in [0.2, 0.25) is 5.91 Å². The lowest BCUT2D eigenvalue weighted by molar-refractivity contribution is -0.126. The smallest absolute Gasteiger partial charge is 0.276 e. The van der Waals surface area contributed by atoms with Crippen LogP contribution in [-0.2, 0) is 4.79 Å². The zero-order valence-electron chi connectivity index (χ0n) is 11.7. The molecule has 2 saturated heterocycles. The summed E-state index contributed by atoms with van der Waals surface area (Å²) in [5, 5.41) is 6.70. The molecule has 4 rings (SSSR count). The van der Waals surface area contributed by atoms with E-state index < -0.39 is 0 Å². The Morgan fingerprint density at radius 1 is 1.38 bits per heavy atom. The van der Waals surface area contributed by atoms with Gasteiger partial charge >= 0.3 is 0 Å². The van der Waals surface area contributed by atoms with Crippen LogP contribution in [-0.4, -0.2) is 65.5 Å². The van der Waals surface area contributed by atoms with Crippen molar-refractivity contribution < 1.29 is 14.1 Å². The fourth-order valence-electron chi connectivity index (χ4n) is 2.93. The fraction of sp³-hybridized carbons (Fsp3) is 0.643. The highest BCUT2D eigenvalue weighted by Crippen LogP contribution is 2.40. The van der Waals surface area contributed by atoms with Gasteiger partial charge in [0.15, 0.2) is 5.69 Å². The number of hydrogen-bond acceptors (Lipinski definition) is 5. The monoisotopic (exact) mass is 290 g/mol. The van der Waals surface area contributed by atoms with Crippen LogP contribution < -0.4 is 5.32 Å². The van der Waals surface area contributed by atoms with E-state index >= 15 is 0 Å². The van der Waals surface area contributed by atoms with Crippen molar-refractivity contribution in [1.82, 2.24) is 20.3 Å². The number of carbonyl (C=O) groups excluding carboxylic acids is 2. The summed E-state index contributed by atoms with van der Waals surface area (Å²) < 4.78 is 5.22. The van der Waals surface area contributed by atoms with Gasteiger partial charge in [0.25, 0.3) is 5.91 Å². The van der Waals surface area contributed by atoms with Crippen molar-refractivity contribution in [1.29, 1.82) is 0 Å². The molecule has 3 aliphatic rings. The summed E-state index contributed by atoms with van der Waals surface area (Å²) >= 11 is 0. The number of nitrogens with one attached hydrogen (secondary N) is 1. The molecule has 0 unspecified atom stereocenters. The zero-order chi connectivity index (χ0) is 14.4. The molecule has 1 aliphatic carbocycles. The van der Waals surface area contributed by atoms with Crippen molar-refractivity contribution in [3.8, 4) is 0 Å². The van der Waals surface area contributed by atoms with Crippen LogP contribution in [0.3, 0.4) is 0 Å². The lowest BCUT2D eigenvalue weighted by Crippen LogP contribution is -2.64. The summed E-state index contributed by atoms with van der Waals surface area (Å²) in [6.45, 7) is 3.31.